The third-order valence-electron chi connectivity index (χ3n) is 4.25. The number of aromatic hydroxyl groups is 1. The summed E-state index contributed by atoms with van der Waals surface area (Å²) in [4.78, 5) is 4.50. The number of ether oxygens (including phenoxy) is 1. The molecule has 1 fully saturated rings. The van der Waals surface area contributed by atoms with E-state index >= 15 is 0 Å². The number of methoxy groups -OCH3 is 1. The van der Waals surface area contributed by atoms with E-state index in [1.807, 2.05) is 0 Å². The summed E-state index contributed by atoms with van der Waals surface area (Å²) in [5, 5.41) is 13.9. The van der Waals surface area contributed by atoms with Crippen molar-refractivity contribution < 1.29 is 14.4 Å². The summed E-state index contributed by atoms with van der Waals surface area (Å²) in [6.45, 7) is 2.29. The van der Waals surface area contributed by atoms with Crippen molar-refractivity contribution in [3.05, 3.63) is 24.0 Å². The Kier molecular flexibility index (Phi) is 3.82. The zero-order valence-corrected chi connectivity index (χ0v) is 12.4. The first-order valence-corrected chi connectivity index (χ1v) is 7.38. The minimum absolute atomic E-state index is 0.0706. The Labute approximate surface area is 123 Å². The highest BCUT2D eigenvalue weighted by Gasteiger charge is 2.24. The van der Waals surface area contributed by atoms with Crippen LogP contribution >= 0.6 is 0 Å². The fourth-order valence-electron chi connectivity index (χ4n) is 2.86. The maximum absolute atomic E-state index is 9.82. The first kappa shape index (κ1) is 13.9. The summed E-state index contributed by atoms with van der Waals surface area (Å²) in [6.07, 6.45) is 4.68. The Morgan fingerprint density at radius 2 is 2.00 bits per heavy atom. The molecule has 1 aromatic carbocycles. The largest absolute Gasteiger partial charge is 0.504 e. The van der Waals surface area contributed by atoms with Crippen LogP contribution in [0.5, 0.6) is 11.5 Å². The number of phenols is 1. The predicted molar refractivity (Wildman–Crippen MR) is 78.3 cm³/mol. The molecule has 5 nitrogen and oxygen atoms in total. The Bertz CT molecular complexity index is 616. The van der Waals surface area contributed by atoms with Gasteiger partial charge in [0.2, 0.25) is 0 Å². The van der Waals surface area contributed by atoms with E-state index < -0.39 is 0 Å². The molecule has 1 saturated carbocycles. The third kappa shape index (κ3) is 2.86. The average Bonchev–Trinajstić information content (AvgIpc) is 2.98. The first-order valence-electron chi connectivity index (χ1n) is 7.38. The molecule has 0 saturated heterocycles. The van der Waals surface area contributed by atoms with Gasteiger partial charge in [0.1, 0.15) is 0 Å². The summed E-state index contributed by atoms with van der Waals surface area (Å²) < 4.78 is 10.4. The Balaban J connectivity index is 1.80. The molecule has 2 aromatic rings. The van der Waals surface area contributed by atoms with Gasteiger partial charge in [0.05, 0.1) is 7.11 Å². The van der Waals surface area contributed by atoms with Crippen LogP contribution in [0.25, 0.3) is 11.5 Å². The highest BCUT2D eigenvalue weighted by molar-refractivity contribution is 5.59. The molecule has 0 atom stereocenters. The summed E-state index contributed by atoms with van der Waals surface area (Å²) in [7, 11) is 1.52. The third-order valence-corrected chi connectivity index (χ3v) is 4.25. The van der Waals surface area contributed by atoms with E-state index in [9.17, 15) is 5.11 Å². The van der Waals surface area contributed by atoms with Crippen LogP contribution in [-0.4, -0.2) is 22.4 Å². The van der Waals surface area contributed by atoms with Crippen LogP contribution in [0.3, 0.4) is 0 Å². The molecular formula is C16H20N2O3. The van der Waals surface area contributed by atoms with E-state index in [0.29, 0.717) is 23.1 Å². The lowest BCUT2D eigenvalue weighted by molar-refractivity contribution is 0.329. The predicted octanol–water partition coefficient (Wildman–Crippen LogP) is 3.74. The van der Waals surface area contributed by atoms with Crippen LogP contribution < -0.4 is 4.74 Å². The second-order valence-corrected chi connectivity index (χ2v) is 5.80. The number of aromatic nitrogens is 2. The second-order valence-electron chi connectivity index (χ2n) is 5.80. The molecule has 1 heterocycles. The molecule has 1 aliphatic rings. The summed E-state index contributed by atoms with van der Waals surface area (Å²) in [5.41, 5.74) is 0.705. The maximum Gasteiger partial charge on any atom is 0.258 e. The molecule has 1 aromatic heterocycles. The van der Waals surface area contributed by atoms with Gasteiger partial charge in [-0.15, -0.1) is 0 Å². The van der Waals surface area contributed by atoms with E-state index in [-0.39, 0.29) is 5.75 Å². The Hall–Kier alpha value is -2.04. The van der Waals surface area contributed by atoms with Crippen molar-refractivity contribution in [2.45, 2.75) is 38.5 Å². The van der Waals surface area contributed by atoms with Gasteiger partial charge in [0.25, 0.3) is 5.89 Å². The topological polar surface area (TPSA) is 68.4 Å². The molecule has 0 aliphatic heterocycles. The van der Waals surface area contributed by atoms with Gasteiger partial charge in [-0.05, 0) is 37.0 Å². The summed E-state index contributed by atoms with van der Waals surface area (Å²) >= 11 is 0. The number of rotatable bonds is 3. The van der Waals surface area contributed by atoms with Crippen molar-refractivity contribution in [2.24, 2.45) is 5.92 Å². The van der Waals surface area contributed by atoms with Crippen molar-refractivity contribution in [3.8, 4) is 23.0 Å². The lowest BCUT2D eigenvalue weighted by Crippen LogP contribution is -2.11. The molecule has 0 radical (unpaired) electrons. The quantitative estimate of drug-likeness (QED) is 0.931. The molecular weight excluding hydrogens is 268 g/mol. The van der Waals surface area contributed by atoms with Crippen LogP contribution in [0.4, 0.5) is 0 Å². The van der Waals surface area contributed by atoms with Gasteiger partial charge in [0, 0.05) is 11.5 Å². The highest BCUT2D eigenvalue weighted by atomic mass is 16.5. The second kappa shape index (κ2) is 5.76. The Morgan fingerprint density at radius 1 is 1.24 bits per heavy atom. The zero-order chi connectivity index (χ0) is 14.8. The molecule has 5 heteroatoms. The van der Waals surface area contributed by atoms with Crippen LogP contribution in [0.2, 0.25) is 0 Å². The average molecular weight is 288 g/mol. The number of hydrogen-bond acceptors (Lipinski definition) is 5. The number of benzene rings is 1. The number of hydrogen-bond donors (Lipinski definition) is 1. The van der Waals surface area contributed by atoms with E-state index in [2.05, 4.69) is 17.1 Å². The molecule has 21 heavy (non-hydrogen) atoms. The number of nitrogens with zero attached hydrogens (tertiary/aromatic N) is 2. The van der Waals surface area contributed by atoms with Gasteiger partial charge in [-0.1, -0.05) is 24.9 Å². The standard InChI is InChI=1S/C16H20N2O3/c1-10-3-5-11(6-4-10)15-17-16(21-18-15)12-7-8-14(20-2)13(19)9-12/h7-11,19H,3-6H2,1-2H3. The lowest BCUT2D eigenvalue weighted by atomic mass is 9.83. The first-order chi connectivity index (χ1) is 10.2. The normalized spacial score (nSPS) is 22.2. The SMILES string of the molecule is COc1ccc(-c2nc(C3CCC(C)CC3)no2)cc1O. The molecule has 0 bridgehead atoms. The smallest absolute Gasteiger partial charge is 0.258 e. The van der Waals surface area contributed by atoms with Gasteiger partial charge in [-0.3, -0.25) is 0 Å². The molecule has 0 unspecified atom stereocenters. The van der Waals surface area contributed by atoms with Gasteiger partial charge in [0.15, 0.2) is 17.3 Å². The Morgan fingerprint density at radius 3 is 2.67 bits per heavy atom. The van der Waals surface area contributed by atoms with Crippen molar-refractivity contribution >= 4 is 0 Å². The molecule has 0 amide bonds. The maximum atomic E-state index is 9.82. The van der Waals surface area contributed by atoms with Crippen molar-refractivity contribution in [1.29, 1.82) is 0 Å². The molecule has 112 valence electrons. The van der Waals surface area contributed by atoms with Crippen LogP contribution in [-0.2, 0) is 0 Å². The zero-order valence-electron chi connectivity index (χ0n) is 12.4. The van der Waals surface area contributed by atoms with Gasteiger partial charge in [-0.25, -0.2) is 0 Å². The lowest BCUT2D eigenvalue weighted by Gasteiger charge is -2.23. The van der Waals surface area contributed by atoms with Gasteiger partial charge in [-0.2, -0.15) is 4.98 Å². The molecule has 0 spiro atoms. The van der Waals surface area contributed by atoms with Crippen molar-refractivity contribution in [2.75, 3.05) is 7.11 Å². The minimum atomic E-state index is 0.0706. The van der Waals surface area contributed by atoms with Crippen LogP contribution in [0.15, 0.2) is 22.7 Å². The fourth-order valence-corrected chi connectivity index (χ4v) is 2.86. The van der Waals surface area contributed by atoms with Crippen LogP contribution in [0, 0.1) is 5.92 Å². The van der Waals surface area contributed by atoms with E-state index in [1.165, 1.54) is 20.0 Å². The van der Waals surface area contributed by atoms with Gasteiger partial charge >= 0.3 is 0 Å². The molecule has 1 aliphatic carbocycles. The molecule has 1 N–H and O–H groups in total. The van der Waals surface area contributed by atoms with Crippen LogP contribution in [0.1, 0.15) is 44.3 Å². The van der Waals surface area contributed by atoms with E-state index in [1.54, 1.807) is 18.2 Å². The fraction of sp³-hybridized carbons (Fsp3) is 0.500. The monoisotopic (exact) mass is 288 g/mol. The summed E-state index contributed by atoms with van der Waals surface area (Å²) in [5.74, 6) is 2.92. The highest BCUT2D eigenvalue weighted by Crippen LogP contribution is 2.36. The summed E-state index contributed by atoms with van der Waals surface area (Å²) in [6, 6.07) is 5.08. The van der Waals surface area contributed by atoms with E-state index in [0.717, 1.165) is 24.6 Å². The minimum Gasteiger partial charge on any atom is -0.504 e. The number of phenolic OH excluding ortho intramolecular Hbond substituents is 1. The van der Waals surface area contributed by atoms with Gasteiger partial charge < -0.3 is 14.4 Å². The van der Waals surface area contributed by atoms with Crippen molar-refractivity contribution in [1.82, 2.24) is 10.1 Å². The van der Waals surface area contributed by atoms with E-state index in [4.69, 9.17) is 9.26 Å². The molecule has 3 rings (SSSR count). The van der Waals surface area contributed by atoms with Crippen molar-refractivity contribution in [3.63, 3.8) is 0 Å².